The van der Waals surface area contributed by atoms with Crippen molar-refractivity contribution in [1.82, 2.24) is 24.5 Å². The minimum atomic E-state index is 0.177. The average Bonchev–Trinajstić information content (AvgIpc) is 3.49. The van der Waals surface area contributed by atoms with Gasteiger partial charge in [0.1, 0.15) is 0 Å². The van der Waals surface area contributed by atoms with Crippen molar-refractivity contribution in [2.45, 2.75) is 13.1 Å². The molecule has 0 unspecified atom stereocenters. The van der Waals surface area contributed by atoms with Gasteiger partial charge in [-0.25, -0.2) is 4.68 Å². The molecule has 0 aliphatic carbocycles. The van der Waals surface area contributed by atoms with E-state index in [1.165, 1.54) is 5.56 Å². The molecule has 172 valence electrons. The van der Waals surface area contributed by atoms with Gasteiger partial charge in [-0.05, 0) is 36.9 Å². The molecular formula is C25H29N5O3. The van der Waals surface area contributed by atoms with Crippen molar-refractivity contribution in [3.8, 4) is 17.2 Å². The number of para-hydroxylation sites is 1. The van der Waals surface area contributed by atoms with Crippen LogP contribution in [0, 0.1) is 0 Å². The second kappa shape index (κ2) is 9.64. The van der Waals surface area contributed by atoms with Gasteiger partial charge in [0.2, 0.25) is 12.7 Å². The van der Waals surface area contributed by atoms with E-state index in [0.717, 1.165) is 55.5 Å². The molecule has 2 aromatic carbocycles. The number of hydrogen-bond acceptors (Lipinski definition) is 6. The lowest BCUT2D eigenvalue weighted by Crippen LogP contribution is -2.50. The van der Waals surface area contributed by atoms with Crippen LogP contribution in [-0.2, 0) is 17.9 Å². The van der Waals surface area contributed by atoms with Gasteiger partial charge in [0, 0.05) is 51.0 Å². The minimum Gasteiger partial charge on any atom is -0.454 e. The molecule has 2 aliphatic rings. The Hall–Kier alpha value is -3.36. The number of aromatic nitrogens is 2. The molecule has 8 heteroatoms. The fraction of sp³-hybridized carbons (Fsp3) is 0.360. The number of amides is 1. The monoisotopic (exact) mass is 447 g/mol. The Morgan fingerprint density at radius 1 is 1.00 bits per heavy atom. The largest absolute Gasteiger partial charge is 0.454 e. The van der Waals surface area contributed by atoms with E-state index in [1.807, 2.05) is 70.3 Å². The van der Waals surface area contributed by atoms with Crippen molar-refractivity contribution in [2.75, 3.05) is 46.6 Å². The Morgan fingerprint density at radius 2 is 1.79 bits per heavy atom. The summed E-state index contributed by atoms with van der Waals surface area (Å²) in [5.74, 6) is 1.81. The zero-order chi connectivity index (χ0) is 22.6. The van der Waals surface area contributed by atoms with Crippen molar-refractivity contribution in [1.29, 1.82) is 0 Å². The lowest BCUT2D eigenvalue weighted by atomic mass is 10.1. The van der Waals surface area contributed by atoms with E-state index >= 15 is 0 Å². The molecule has 3 heterocycles. The van der Waals surface area contributed by atoms with Crippen LogP contribution >= 0.6 is 0 Å². The molecule has 1 saturated heterocycles. The predicted octanol–water partition coefficient (Wildman–Crippen LogP) is 2.38. The molecule has 0 atom stereocenters. The minimum absolute atomic E-state index is 0.177. The van der Waals surface area contributed by atoms with Gasteiger partial charge in [-0.2, -0.15) is 5.10 Å². The molecule has 5 rings (SSSR count). The zero-order valence-electron chi connectivity index (χ0n) is 18.9. The SMILES string of the molecule is CN(CC(=O)N1CCN(Cc2ccc3c(c2)OCO3)CC1)Cc1cnn(-c2ccccc2)c1. The number of carbonyl (C=O) groups is 1. The third-order valence-electron chi connectivity index (χ3n) is 6.08. The first-order valence-electron chi connectivity index (χ1n) is 11.3. The van der Waals surface area contributed by atoms with Crippen LogP contribution in [0.25, 0.3) is 5.69 Å². The first-order valence-corrected chi connectivity index (χ1v) is 11.3. The third kappa shape index (κ3) is 5.18. The van der Waals surface area contributed by atoms with Crippen LogP contribution in [0.1, 0.15) is 11.1 Å². The molecule has 3 aromatic rings. The lowest BCUT2D eigenvalue weighted by Gasteiger charge is -2.35. The summed E-state index contributed by atoms with van der Waals surface area (Å²) >= 11 is 0. The molecule has 1 amide bonds. The second-order valence-electron chi connectivity index (χ2n) is 8.65. The first-order chi connectivity index (χ1) is 16.1. The van der Waals surface area contributed by atoms with Crippen LogP contribution < -0.4 is 9.47 Å². The summed E-state index contributed by atoms with van der Waals surface area (Å²) in [5, 5.41) is 4.44. The highest BCUT2D eigenvalue weighted by Gasteiger charge is 2.23. The number of rotatable bonds is 7. The molecule has 1 aromatic heterocycles. The Balaban J connectivity index is 1.08. The Kier molecular flexibility index (Phi) is 6.28. The smallest absolute Gasteiger partial charge is 0.236 e. The van der Waals surface area contributed by atoms with E-state index in [9.17, 15) is 4.79 Å². The molecule has 0 N–H and O–H groups in total. The molecule has 0 saturated carbocycles. The van der Waals surface area contributed by atoms with Gasteiger partial charge in [0.05, 0.1) is 18.4 Å². The highest BCUT2D eigenvalue weighted by atomic mass is 16.7. The van der Waals surface area contributed by atoms with E-state index in [-0.39, 0.29) is 5.91 Å². The fourth-order valence-corrected chi connectivity index (χ4v) is 4.32. The number of piperazine rings is 1. The van der Waals surface area contributed by atoms with E-state index in [4.69, 9.17) is 9.47 Å². The van der Waals surface area contributed by atoms with Crippen LogP contribution in [0.15, 0.2) is 60.9 Å². The summed E-state index contributed by atoms with van der Waals surface area (Å²) in [6, 6.07) is 16.1. The number of hydrogen-bond donors (Lipinski definition) is 0. The van der Waals surface area contributed by atoms with Crippen molar-refractivity contribution in [2.24, 2.45) is 0 Å². The van der Waals surface area contributed by atoms with E-state index in [1.54, 1.807) is 0 Å². The Morgan fingerprint density at radius 3 is 2.61 bits per heavy atom. The predicted molar refractivity (Wildman–Crippen MR) is 124 cm³/mol. The van der Waals surface area contributed by atoms with Crippen LogP contribution in [-0.4, -0.2) is 77.0 Å². The van der Waals surface area contributed by atoms with Crippen LogP contribution in [0.3, 0.4) is 0 Å². The maximum absolute atomic E-state index is 12.8. The van der Waals surface area contributed by atoms with Gasteiger partial charge in [-0.3, -0.25) is 14.6 Å². The molecule has 0 radical (unpaired) electrons. The summed E-state index contributed by atoms with van der Waals surface area (Å²) in [4.78, 5) is 19.2. The summed E-state index contributed by atoms with van der Waals surface area (Å²) < 4.78 is 12.7. The fourth-order valence-electron chi connectivity index (χ4n) is 4.32. The highest BCUT2D eigenvalue weighted by molar-refractivity contribution is 5.78. The maximum Gasteiger partial charge on any atom is 0.236 e. The lowest BCUT2D eigenvalue weighted by molar-refractivity contribution is -0.134. The molecule has 2 aliphatic heterocycles. The van der Waals surface area contributed by atoms with Crippen molar-refractivity contribution in [3.05, 3.63) is 72.1 Å². The van der Waals surface area contributed by atoms with Gasteiger partial charge in [-0.1, -0.05) is 24.3 Å². The molecule has 1 fully saturated rings. The van der Waals surface area contributed by atoms with Gasteiger partial charge in [-0.15, -0.1) is 0 Å². The number of benzene rings is 2. The quantitative estimate of drug-likeness (QED) is 0.554. The third-order valence-corrected chi connectivity index (χ3v) is 6.08. The van der Waals surface area contributed by atoms with E-state index in [0.29, 0.717) is 19.9 Å². The van der Waals surface area contributed by atoms with Crippen LogP contribution in [0.2, 0.25) is 0 Å². The van der Waals surface area contributed by atoms with Gasteiger partial charge in [0.25, 0.3) is 0 Å². The molecule has 33 heavy (non-hydrogen) atoms. The van der Waals surface area contributed by atoms with E-state index in [2.05, 4.69) is 22.1 Å². The Labute approximate surface area is 193 Å². The zero-order valence-corrected chi connectivity index (χ0v) is 18.9. The molecule has 0 bridgehead atoms. The van der Waals surface area contributed by atoms with Crippen molar-refractivity contribution >= 4 is 5.91 Å². The number of likely N-dealkylation sites (N-methyl/N-ethyl adjacent to an activating group) is 1. The van der Waals surface area contributed by atoms with Crippen LogP contribution in [0.5, 0.6) is 11.5 Å². The van der Waals surface area contributed by atoms with Gasteiger partial charge in [0.15, 0.2) is 11.5 Å². The number of carbonyl (C=O) groups excluding carboxylic acids is 1. The average molecular weight is 448 g/mol. The highest BCUT2D eigenvalue weighted by Crippen LogP contribution is 2.32. The first kappa shape index (κ1) is 21.5. The summed E-state index contributed by atoms with van der Waals surface area (Å²) in [6.07, 6.45) is 3.88. The van der Waals surface area contributed by atoms with Gasteiger partial charge >= 0.3 is 0 Å². The number of ether oxygens (including phenoxy) is 2. The maximum atomic E-state index is 12.8. The summed E-state index contributed by atoms with van der Waals surface area (Å²) in [7, 11) is 1.98. The number of fused-ring (bicyclic) bond motifs is 1. The van der Waals surface area contributed by atoms with Crippen molar-refractivity contribution < 1.29 is 14.3 Å². The molecule has 0 spiro atoms. The normalized spacial score (nSPS) is 15.9. The number of nitrogens with zero attached hydrogens (tertiary/aromatic N) is 5. The summed E-state index contributed by atoms with van der Waals surface area (Å²) in [6.45, 7) is 5.47. The Bertz CT molecular complexity index is 1090. The molecule has 8 nitrogen and oxygen atoms in total. The second-order valence-corrected chi connectivity index (χ2v) is 8.65. The van der Waals surface area contributed by atoms with Crippen LogP contribution in [0.4, 0.5) is 0 Å². The van der Waals surface area contributed by atoms with Gasteiger partial charge < -0.3 is 14.4 Å². The molecular weight excluding hydrogens is 418 g/mol. The van der Waals surface area contributed by atoms with E-state index < -0.39 is 0 Å². The standard InChI is InChI=1S/C25H29N5O3/c1-27(15-21-14-26-30(17-21)22-5-3-2-4-6-22)18-25(31)29-11-9-28(10-12-29)16-20-7-8-23-24(13-20)33-19-32-23/h2-8,13-14,17H,9-12,15-16,18-19H2,1H3. The summed E-state index contributed by atoms with van der Waals surface area (Å²) in [5.41, 5.74) is 3.32. The topological polar surface area (TPSA) is 63.1 Å². The van der Waals surface area contributed by atoms with Crippen molar-refractivity contribution in [3.63, 3.8) is 0 Å².